The first-order valence-corrected chi connectivity index (χ1v) is 6.90. The van der Waals surface area contributed by atoms with Gasteiger partial charge in [-0.25, -0.2) is 4.79 Å². The van der Waals surface area contributed by atoms with Crippen LogP contribution in [0.2, 0.25) is 0 Å². The normalized spacial score (nSPS) is 23.1. The molecule has 6 nitrogen and oxygen atoms in total. The number of alkyl carbamates (subject to hydrolysis) is 1. The van der Waals surface area contributed by atoms with Crippen molar-refractivity contribution in [2.24, 2.45) is 5.92 Å². The molecule has 6 heteroatoms. The Labute approximate surface area is 119 Å². The lowest BCUT2D eigenvalue weighted by molar-refractivity contribution is -0.152. The summed E-state index contributed by atoms with van der Waals surface area (Å²) in [5.41, 5.74) is -0.603. The monoisotopic (exact) mass is 285 g/mol. The molecule has 0 spiro atoms. The van der Waals surface area contributed by atoms with Gasteiger partial charge in [0, 0.05) is 18.9 Å². The summed E-state index contributed by atoms with van der Waals surface area (Å²) >= 11 is 0. The summed E-state index contributed by atoms with van der Waals surface area (Å²) in [5.74, 6) is -1.05. The molecule has 0 aromatic carbocycles. The number of Topliss-reactive ketones (excluding diaryl/α,β-unsaturated/α-hetero) is 1. The first kappa shape index (κ1) is 16.5. The van der Waals surface area contributed by atoms with E-state index in [0.29, 0.717) is 12.8 Å². The van der Waals surface area contributed by atoms with Crippen LogP contribution < -0.4 is 5.32 Å². The Kier molecular flexibility index (Phi) is 5.53. The minimum absolute atomic E-state index is 0.0188. The third-order valence-corrected chi connectivity index (χ3v) is 2.96. The van der Waals surface area contributed by atoms with Gasteiger partial charge in [0.2, 0.25) is 0 Å². The van der Waals surface area contributed by atoms with Gasteiger partial charge in [0.25, 0.3) is 0 Å². The summed E-state index contributed by atoms with van der Waals surface area (Å²) < 4.78 is 10.1. The molecule has 0 saturated heterocycles. The molecule has 2 unspecified atom stereocenters. The van der Waals surface area contributed by atoms with Gasteiger partial charge in [-0.2, -0.15) is 0 Å². The fourth-order valence-electron chi connectivity index (χ4n) is 2.14. The fourth-order valence-corrected chi connectivity index (χ4v) is 2.14. The highest BCUT2D eigenvalue weighted by molar-refractivity contribution is 5.87. The molecule has 0 radical (unpaired) electrons. The van der Waals surface area contributed by atoms with Gasteiger partial charge in [0.05, 0.1) is 12.5 Å². The Bertz CT molecular complexity index is 386. The summed E-state index contributed by atoms with van der Waals surface area (Å²) in [6.45, 7) is 7.25. The summed E-state index contributed by atoms with van der Waals surface area (Å²) in [5, 5.41) is 2.67. The molecule has 0 heterocycles. The number of esters is 1. The number of amides is 1. The Morgan fingerprint density at radius 2 is 2.00 bits per heavy atom. The summed E-state index contributed by atoms with van der Waals surface area (Å²) in [7, 11) is 0. The number of ketones is 1. The fraction of sp³-hybridized carbons (Fsp3) is 0.786. The average molecular weight is 285 g/mol. The molecular formula is C14H23NO5. The molecule has 0 aromatic heterocycles. The highest BCUT2D eigenvalue weighted by Crippen LogP contribution is 2.24. The molecule has 1 amide bonds. The van der Waals surface area contributed by atoms with Gasteiger partial charge in [-0.1, -0.05) is 0 Å². The lowest BCUT2D eigenvalue weighted by Gasteiger charge is -2.30. The van der Waals surface area contributed by atoms with Crippen LogP contribution in [0.1, 0.15) is 47.0 Å². The van der Waals surface area contributed by atoms with Crippen molar-refractivity contribution in [2.45, 2.75) is 58.6 Å². The van der Waals surface area contributed by atoms with E-state index in [0.717, 1.165) is 0 Å². The van der Waals surface area contributed by atoms with E-state index in [1.54, 1.807) is 27.7 Å². The third kappa shape index (κ3) is 5.19. The molecule has 1 rings (SSSR count). The maximum absolute atomic E-state index is 11.9. The highest BCUT2D eigenvalue weighted by atomic mass is 16.6. The van der Waals surface area contributed by atoms with E-state index in [9.17, 15) is 14.4 Å². The van der Waals surface area contributed by atoms with Crippen LogP contribution in [-0.2, 0) is 19.1 Å². The lowest BCUT2D eigenvalue weighted by Crippen LogP contribution is -2.48. The van der Waals surface area contributed by atoms with Crippen LogP contribution in [0, 0.1) is 5.92 Å². The van der Waals surface area contributed by atoms with Gasteiger partial charge in [-0.05, 0) is 34.1 Å². The molecule has 0 aromatic rings. The highest BCUT2D eigenvalue weighted by Gasteiger charge is 2.37. The molecule has 2 atom stereocenters. The van der Waals surface area contributed by atoms with Crippen molar-refractivity contribution in [2.75, 3.05) is 6.61 Å². The summed E-state index contributed by atoms with van der Waals surface area (Å²) in [6.07, 6.45) is 0.322. The molecule has 1 saturated carbocycles. The molecule has 114 valence electrons. The van der Waals surface area contributed by atoms with Crippen LogP contribution >= 0.6 is 0 Å². The zero-order chi connectivity index (χ0) is 15.3. The number of nitrogens with one attached hydrogen (secondary N) is 1. The summed E-state index contributed by atoms with van der Waals surface area (Å²) in [4.78, 5) is 35.1. The second-order valence-electron chi connectivity index (χ2n) is 5.89. The first-order valence-electron chi connectivity index (χ1n) is 6.90. The van der Waals surface area contributed by atoms with Crippen molar-refractivity contribution < 1.29 is 23.9 Å². The van der Waals surface area contributed by atoms with E-state index in [1.807, 2.05) is 0 Å². The van der Waals surface area contributed by atoms with Crippen LogP contribution in [0.25, 0.3) is 0 Å². The number of carbonyl (C=O) groups is 3. The van der Waals surface area contributed by atoms with Crippen LogP contribution in [-0.4, -0.2) is 36.1 Å². The SMILES string of the molecule is CCOC(=O)C1CC(=O)CCC1NC(=O)OC(C)(C)C. The van der Waals surface area contributed by atoms with E-state index in [4.69, 9.17) is 9.47 Å². The van der Waals surface area contributed by atoms with Crippen molar-refractivity contribution in [3.05, 3.63) is 0 Å². The predicted octanol–water partition coefficient (Wildman–Crippen LogP) is 1.81. The Hall–Kier alpha value is -1.59. The number of rotatable bonds is 3. The van der Waals surface area contributed by atoms with Gasteiger partial charge in [0.1, 0.15) is 11.4 Å². The van der Waals surface area contributed by atoms with Crippen molar-refractivity contribution >= 4 is 17.8 Å². The van der Waals surface area contributed by atoms with E-state index in [-0.39, 0.29) is 18.8 Å². The van der Waals surface area contributed by atoms with Gasteiger partial charge >= 0.3 is 12.1 Å². The second-order valence-corrected chi connectivity index (χ2v) is 5.89. The van der Waals surface area contributed by atoms with Gasteiger partial charge in [-0.15, -0.1) is 0 Å². The predicted molar refractivity (Wildman–Crippen MR) is 72.1 cm³/mol. The molecule has 1 N–H and O–H groups in total. The van der Waals surface area contributed by atoms with Gasteiger partial charge in [0.15, 0.2) is 0 Å². The Morgan fingerprint density at radius 1 is 1.35 bits per heavy atom. The van der Waals surface area contributed by atoms with Gasteiger partial charge in [-0.3, -0.25) is 9.59 Å². The zero-order valence-electron chi connectivity index (χ0n) is 12.5. The second kappa shape index (κ2) is 6.72. The van der Waals surface area contributed by atoms with Crippen LogP contribution in [0.4, 0.5) is 4.79 Å². The quantitative estimate of drug-likeness (QED) is 0.800. The minimum Gasteiger partial charge on any atom is -0.466 e. The van der Waals surface area contributed by atoms with Crippen molar-refractivity contribution in [1.29, 1.82) is 0 Å². The topological polar surface area (TPSA) is 81.7 Å². The smallest absolute Gasteiger partial charge is 0.407 e. The van der Waals surface area contributed by atoms with E-state index < -0.39 is 29.6 Å². The molecule has 20 heavy (non-hydrogen) atoms. The molecule has 0 bridgehead atoms. The van der Waals surface area contributed by atoms with Gasteiger partial charge < -0.3 is 14.8 Å². The number of hydrogen-bond donors (Lipinski definition) is 1. The zero-order valence-corrected chi connectivity index (χ0v) is 12.5. The summed E-state index contributed by atoms with van der Waals surface area (Å²) in [6, 6.07) is -0.415. The van der Waals surface area contributed by atoms with Crippen LogP contribution in [0.5, 0.6) is 0 Å². The standard InChI is InChI=1S/C14H23NO5/c1-5-19-12(17)10-8-9(16)6-7-11(10)15-13(18)20-14(2,3)4/h10-11H,5-8H2,1-4H3,(H,15,18). The molecule has 1 aliphatic rings. The number of carbonyl (C=O) groups excluding carboxylic acids is 3. The minimum atomic E-state index is -0.622. The van der Waals surface area contributed by atoms with Crippen molar-refractivity contribution in [3.63, 3.8) is 0 Å². The average Bonchev–Trinajstić information content (AvgIpc) is 2.29. The van der Waals surface area contributed by atoms with E-state index in [2.05, 4.69) is 5.32 Å². The molecule has 1 aliphatic carbocycles. The Balaban J connectivity index is 2.67. The third-order valence-electron chi connectivity index (χ3n) is 2.96. The molecule has 0 aliphatic heterocycles. The van der Waals surface area contributed by atoms with Crippen LogP contribution in [0.15, 0.2) is 0 Å². The Morgan fingerprint density at radius 3 is 2.55 bits per heavy atom. The number of hydrogen-bond acceptors (Lipinski definition) is 5. The largest absolute Gasteiger partial charge is 0.466 e. The maximum atomic E-state index is 11.9. The van der Waals surface area contributed by atoms with Crippen LogP contribution in [0.3, 0.4) is 0 Å². The molecule has 1 fully saturated rings. The van der Waals surface area contributed by atoms with E-state index in [1.165, 1.54) is 0 Å². The maximum Gasteiger partial charge on any atom is 0.407 e. The van der Waals surface area contributed by atoms with Crippen molar-refractivity contribution in [1.82, 2.24) is 5.32 Å². The lowest BCUT2D eigenvalue weighted by atomic mass is 9.84. The van der Waals surface area contributed by atoms with Crippen molar-refractivity contribution in [3.8, 4) is 0 Å². The first-order chi connectivity index (χ1) is 9.23. The van der Waals surface area contributed by atoms with E-state index >= 15 is 0 Å². The number of ether oxygens (including phenoxy) is 2. The molecular weight excluding hydrogens is 262 g/mol.